The van der Waals surface area contributed by atoms with Gasteiger partial charge in [-0.25, -0.2) is 0 Å². The maximum atomic E-state index is 11.9. The van der Waals surface area contributed by atoms with Crippen molar-refractivity contribution < 1.29 is 9.00 Å². The van der Waals surface area contributed by atoms with Gasteiger partial charge in [0.2, 0.25) is 5.91 Å². The molecule has 4 nitrogen and oxygen atoms in total. The van der Waals surface area contributed by atoms with Crippen LogP contribution >= 0.6 is 0 Å². The van der Waals surface area contributed by atoms with Crippen molar-refractivity contribution in [2.24, 2.45) is 5.73 Å². The zero-order chi connectivity index (χ0) is 12.3. The van der Waals surface area contributed by atoms with Crippen molar-refractivity contribution in [3.63, 3.8) is 0 Å². The molecule has 1 aliphatic heterocycles. The maximum absolute atomic E-state index is 11.9. The highest BCUT2D eigenvalue weighted by atomic mass is 32.2. The van der Waals surface area contributed by atoms with E-state index < -0.39 is 16.0 Å². The van der Waals surface area contributed by atoms with E-state index in [1.165, 1.54) is 0 Å². The van der Waals surface area contributed by atoms with Gasteiger partial charge in [-0.05, 0) is 24.5 Å². The monoisotopic (exact) mass is 252 g/mol. The van der Waals surface area contributed by atoms with Crippen LogP contribution in [-0.2, 0) is 22.0 Å². The topological polar surface area (TPSA) is 72.2 Å². The minimum absolute atomic E-state index is 0.151. The van der Waals surface area contributed by atoms with Crippen LogP contribution in [0.15, 0.2) is 24.3 Å². The summed E-state index contributed by atoms with van der Waals surface area (Å²) in [6.45, 7) is 0.351. The van der Waals surface area contributed by atoms with E-state index in [2.05, 4.69) is 5.32 Å². The highest BCUT2D eigenvalue weighted by molar-refractivity contribution is 7.86. The Hall–Kier alpha value is -1.20. The number of aryl methyl sites for hydroxylation is 1. The Balaban J connectivity index is 2.18. The van der Waals surface area contributed by atoms with E-state index in [1.807, 2.05) is 24.3 Å². The predicted molar refractivity (Wildman–Crippen MR) is 69.2 cm³/mol. The van der Waals surface area contributed by atoms with Crippen LogP contribution in [0.1, 0.15) is 12.0 Å². The molecule has 0 saturated heterocycles. The molecule has 0 bridgehead atoms. The van der Waals surface area contributed by atoms with Crippen LogP contribution in [0.5, 0.6) is 0 Å². The number of carbonyl (C=O) groups excluding carboxylic acids is 1. The third kappa shape index (κ3) is 2.73. The number of fused-ring (bicyclic) bond motifs is 1. The van der Waals surface area contributed by atoms with Crippen LogP contribution in [-0.4, -0.2) is 27.7 Å². The fraction of sp³-hybridized carbons (Fsp3) is 0.417. The fourth-order valence-corrected chi connectivity index (χ4v) is 3.20. The molecule has 1 aromatic carbocycles. The second-order valence-corrected chi connectivity index (χ2v) is 5.79. The zero-order valence-electron chi connectivity index (χ0n) is 9.52. The molecule has 17 heavy (non-hydrogen) atoms. The van der Waals surface area contributed by atoms with Gasteiger partial charge in [-0.1, -0.05) is 18.2 Å². The molecule has 1 amide bonds. The summed E-state index contributed by atoms with van der Waals surface area (Å²) in [5.74, 6) is 0.232. The molecule has 0 saturated carbocycles. The van der Waals surface area contributed by atoms with Crippen molar-refractivity contribution in [1.29, 1.82) is 0 Å². The van der Waals surface area contributed by atoms with Gasteiger partial charge in [-0.15, -0.1) is 0 Å². The molecule has 92 valence electrons. The van der Waals surface area contributed by atoms with Gasteiger partial charge in [-0.2, -0.15) is 0 Å². The van der Waals surface area contributed by atoms with E-state index in [4.69, 9.17) is 5.73 Å². The molecule has 2 atom stereocenters. The van der Waals surface area contributed by atoms with Crippen LogP contribution in [0.25, 0.3) is 0 Å². The van der Waals surface area contributed by atoms with Crippen molar-refractivity contribution in [2.75, 3.05) is 17.6 Å². The second-order valence-electron chi connectivity index (χ2n) is 4.05. The minimum Gasteiger partial charge on any atom is -0.330 e. The Morgan fingerprint density at radius 3 is 2.94 bits per heavy atom. The molecule has 1 aromatic rings. The van der Waals surface area contributed by atoms with Crippen LogP contribution < -0.4 is 11.1 Å². The van der Waals surface area contributed by atoms with E-state index >= 15 is 0 Å². The summed E-state index contributed by atoms with van der Waals surface area (Å²) in [4.78, 5) is 11.9. The molecular weight excluding hydrogens is 236 g/mol. The summed E-state index contributed by atoms with van der Waals surface area (Å²) >= 11 is 0. The number of carbonyl (C=O) groups is 1. The summed E-state index contributed by atoms with van der Waals surface area (Å²) in [6, 6.07) is 7.70. The van der Waals surface area contributed by atoms with Crippen LogP contribution in [0.4, 0.5) is 5.69 Å². The first-order valence-corrected chi connectivity index (χ1v) is 7.06. The number of hydrogen-bond donors (Lipinski definition) is 2. The van der Waals surface area contributed by atoms with Crippen molar-refractivity contribution in [3.05, 3.63) is 29.8 Å². The molecule has 1 heterocycles. The van der Waals surface area contributed by atoms with Gasteiger partial charge >= 0.3 is 0 Å². The van der Waals surface area contributed by atoms with Gasteiger partial charge < -0.3 is 11.1 Å². The molecule has 5 heteroatoms. The first-order valence-electron chi connectivity index (χ1n) is 5.68. The van der Waals surface area contributed by atoms with Gasteiger partial charge in [0.25, 0.3) is 0 Å². The molecule has 2 unspecified atom stereocenters. The van der Waals surface area contributed by atoms with Crippen molar-refractivity contribution >= 4 is 22.4 Å². The molecular formula is C12H16N2O2S. The second kappa shape index (κ2) is 5.42. The molecule has 2 rings (SSSR count). The van der Waals surface area contributed by atoms with Crippen molar-refractivity contribution in [1.82, 2.24) is 0 Å². The maximum Gasteiger partial charge on any atom is 0.240 e. The lowest BCUT2D eigenvalue weighted by Crippen LogP contribution is -2.33. The molecule has 0 aliphatic carbocycles. The molecule has 3 N–H and O–H groups in total. The number of amides is 1. The van der Waals surface area contributed by atoms with Gasteiger partial charge in [0.05, 0.1) is 0 Å². The number of para-hydroxylation sites is 1. The lowest BCUT2D eigenvalue weighted by atomic mass is 10.1. The van der Waals surface area contributed by atoms with Crippen molar-refractivity contribution in [3.8, 4) is 0 Å². The SMILES string of the molecule is NCCS(=O)C1CCc2ccccc2NC1=O. The van der Waals surface area contributed by atoms with E-state index in [1.54, 1.807) is 0 Å². The van der Waals surface area contributed by atoms with Gasteiger partial charge in [0, 0.05) is 28.8 Å². The summed E-state index contributed by atoms with van der Waals surface area (Å²) in [7, 11) is -1.17. The minimum atomic E-state index is -1.17. The fourth-order valence-electron chi connectivity index (χ4n) is 2.00. The van der Waals surface area contributed by atoms with E-state index in [-0.39, 0.29) is 5.91 Å². The van der Waals surface area contributed by atoms with Crippen molar-refractivity contribution in [2.45, 2.75) is 18.1 Å². The van der Waals surface area contributed by atoms with E-state index in [0.29, 0.717) is 18.7 Å². The lowest BCUT2D eigenvalue weighted by Gasteiger charge is -2.11. The summed E-state index contributed by atoms with van der Waals surface area (Å²) in [6.07, 6.45) is 1.39. The Morgan fingerprint density at radius 2 is 2.18 bits per heavy atom. The molecule has 0 aromatic heterocycles. The third-order valence-electron chi connectivity index (χ3n) is 2.88. The number of rotatable bonds is 3. The molecule has 0 fully saturated rings. The van der Waals surface area contributed by atoms with Gasteiger partial charge in [-0.3, -0.25) is 9.00 Å². The predicted octanol–water partition coefficient (Wildman–Crippen LogP) is 0.647. The lowest BCUT2D eigenvalue weighted by molar-refractivity contribution is -0.115. The Kier molecular flexibility index (Phi) is 3.91. The average Bonchev–Trinajstić information content (AvgIpc) is 2.47. The number of hydrogen-bond acceptors (Lipinski definition) is 3. The molecule has 0 radical (unpaired) electrons. The number of benzene rings is 1. The number of anilines is 1. The number of nitrogens with one attached hydrogen (secondary N) is 1. The smallest absolute Gasteiger partial charge is 0.240 e. The number of nitrogens with two attached hydrogens (primary N) is 1. The Bertz CT molecular complexity index is 448. The zero-order valence-corrected chi connectivity index (χ0v) is 10.3. The van der Waals surface area contributed by atoms with E-state index in [0.717, 1.165) is 17.7 Å². The van der Waals surface area contributed by atoms with Gasteiger partial charge in [0.1, 0.15) is 5.25 Å². The molecule has 1 aliphatic rings. The van der Waals surface area contributed by atoms with Crippen LogP contribution in [0, 0.1) is 0 Å². The standard InChI is InChI=1S/C12H16N2O2S/c13-7-8-17(16)11-6-5-9-3-1-2-4-10(9)14-12(11)15/h1-4,11H,5-8,13H2,(H,14,15). The summed E-state index contributed by atoms with van der Waals surface area (Å²) in [5, 5.41) is 2.40. The van der Waals surface area contributed by atoms with E-state index in [9.17, 15) is 9.00 Å². The first-order chi connectivity index (χ1) is 8.22. The highest BCUT2D eigenvalue weighted by Crippen LogP contribution is 2.23. The quantitative estimate of drug-likeness (QED) is 0.829. The average molecular weight is 252 g/mol. The Labute approximate surface area is 103 Å². The van der Waals surface area contributed by atoms with Crippen LogP contribution in [0.2, 0.25) is 0 Å². The largest absolute Gasteiger partial charge is 0.330 e. The van der Waals surface area contributed by atoms with Gasteiger partial charge in [0.15, 0.2) is 0 Å². The molecule has 0 spiro atoms. The normalized spacial score (nSPS) is 21.2. The third-order valence-corrected chi connectivity index (χ3v) is 4.60. The summed E-state index contributed by atoms with van der Waals surface area (Å²) in [5.41, 5.74) is 7.32. The van der Waals surface area contributed by atoms with Crippen LogP contribution in [0.3, 0.4) is 0 Å². The highest BCUT2D eigenvalue weighted by Gasteiger charge is 2.27. The first kappa shape index (κ1) is 12.3. The Morgan fingerprint density at radius 1 is 1.41 bits per heavy atom. The summed E-state index contributed by atoms with van der Waals surface area (Å²) < 4.78 is 11.9.